The van der Waals surface area contributed by atoms with Crippen molar-refractivity contribution in [2.75, 3.05) is 5.32 Å². The van der Waals surface area contributed by atoms with Crippen LogP contribution in [0.2, 0.25) is 5.02 Å². The molecule has 20 heavy (non-hydrogen) atoms. The first-order valence-corrected chi connectivity index (χ1v) is 6.97. The number of halogens is 1. The average molecular weight is 283 g/mol. The summed E-state index contributed by atoms with van der Waals surface area (Å²) in [5, 5.41) is 6.54. The number of anilines is 1. The summed E-state index contributed by atoms with van der Waals surface area (Å²) in [4.78, 5) is 4.45. The first kappa shape index (κ1) is 12.9. The third kappa shape index (κ3) is 2.61. The van der Waals surface area contributed by atoms with Crippen molar-refractivity contribution in [2.45, 2.75) is 13.0 Å². The molecule has 1 unspecified atom stereocenters. The lowest BCUT2D eigenvalue weighted by atomic mass is 10.1. The van der Waals surface area contributed by atoms with Crippen molar-refractivity contribution in [3.8, 4) is 0 Å². The molecule has 2 aromatic carbocycles. The van der Waals surface area contributed by atoms with Gasteiger partial charge in [0, 0.05) is 22.6 Å². The minimum Gasteiger partial charge on any atom is -0.363 e. The fraction of sp³-hybridized carbons (Fsp3) is 0.118. The Hall–Kier alpha value is -2.06. The normalized spacial score (nSPS) is 12.3. The van der Waals surface area contributed by atoms with Crippen molar-refractivity contribution in [3.63, 3.8) is 0 Å². The van der Waals surface area contributed by atoms with Crippen LogP contribution in [0.1, 0.15) is 18.5 Å². The number of hydrogen-bond donors (Lipinski definition) is 1. The van der Waals surface area contributed by atoms with Crippen LogP contribution >= 0.6 is 11.6 Å². The van der Waals surface area contributed by atoms with E-state index < -0.39 is 0 Å². The molecular weight excluding hydrogens is 268 g/mol. The van der Waals surface area contributed by atoms with Gasteiger partial charge in [-0.25, -0.2) is 4.98 Å². The number of benzene rings is 2. The number of nitrogens with zero attached hydrogens (tertiary/aromatic N) is 1. The lowest BCUT2D eigenvalue weighted by molar-refractivity contribution is 0.877. The molecule has 0 aliphatic rings. The highest BCUT2D eigenvalue weighted by atomic mass is 35.5. The number of hydrogen-bond acceptors (Lipinski definition) is 2. The molecule has 2 nitrogen and oxygen atoms in total. The molecule has 0 saturated carbocycles. The predicted octanol–water partition coefficient (Wildman–Crippen LogP) is 5.06. The molecule has 1 N–H and O–H groups in total. The van der Waals surface area contributed by atoms with Crippen molar-refractivity contribution >= 4 is 28.2 Å². The van der Waals surface area contributed by atoms with Crippen LogP contribution < -0.4 is 5.32 Å². The Kier molecular flexibility index (Phi) is 3.57. The minimum atomic E-state index is 0.172. The Morgan fingerprint density at radius 1 is 1.00 bits per heavy atom. The van der Waals surface area contributed by atoms with Crippen LogP contribution in [-0.2, 0) is 0 Å². The van der Waals surface area contributed by atoms with Crippen LogP contribution in [0.5, 0.6) is 0 Å². The van der Waals surface area contributed by atoms with E-state index in [1.807, 2.05) is 48.7 Å². The highest BCUT2D eigenvalue weighted by molar-refractivity contribution is 6.30. The molecule has 3 aromatic rings. The average Bonchev–Trinajstić information content (AvgIpc) is 2.48. The first-order valence-electron chi connectivity index (χ1n) is 6.60. The largest absolute Gasteiger partial charge is 0.363 e. The van der Waals surface area contributed by atoms with E-state index in [-0.39, 0.29) is 6.04 Å². The number of aromatic nitrogens is 1. The van der Waals surface area contributed by atoms with Gasteiger partial charge in [-0.3, -0.25) is 0 Å². The van der Waals surface area contributed by atoms with Crippen molar-refractivity contribution < 1.29 is 0 Å². The Balaban J connectivity index is 1.91. The van der Waals surface area contributed by atoms with Gasteiger partial charge in [0.15, 0.2) is 0 Å². The van der Waals surface area contributed by atoms with Gasteiger partial charge in [-0.2, -0.15) is 0 Å². The fourth-order valence-electron chi connectivity index (χ4n) is 2.27. The molecule has 3 rings (SSSR count). The molecule has 0 radical (unpaired) electrons. The van der Waals surface area contributed by atoms with Crippen LogP contribution in [0.25, 0.3) is 10.8 Å². The van der Waals surface area contributed by atoms with Gasteiger partial charge in [-0.15, -0.1) is 0 Å². The molecule has 0 amide bonds. The Morgan fingerprint density at radius 3 is 2.55 bits per heavy atom. The first-order chi connectivity index (χ1) is 9.74. The SMILES string of the molecule is CC(Nc1nccc2ccccc12)c1ccc(Cl)cc1. The van der Waals surface area contributed by atoms with E-state index in [1.165, 1.54) is 10.9 Å². The summed E-state index contributed by atoms with van der Waals surface area (Å²) in [6.45, 7) is 2.12. The summed E-state index contributed by atoms with van der Waals surface area (Å²) in [7, 11) is 0. The molecular formula is C17H15ClN2. The molecule has 0 aliphatic carbocycles. The maximum Gasteiger partial charge on any atom is 0.134 e. The van der Waals surface area contributed by atoms with Crippen molar-refractivity contribution in [3.05, 3.63) is 71.4 Å². The molecule has 3 heteroatoms. The highest BCUT2D eigenvalue weighted by Gasteiger charge is 2.08. The lowest BCUT2D eigenvalue weighted by Crippen LogP contribution is -2.08. The van der Waals surface area contributed by atoms with Crippen molar-refractivity contribution in [1.82, 2.24) is 4.98 Å². The summed E-state index contributed by atoms with van der Waals surface area (Å²) in [6.07, 6.45) is 1.83. The van der Waals surface area contributed by atoms with E-state index in [9.17, 15) is 0 Å². The summed E-state index contributed by atoms with van der Waals surface area (Å²) in [5.74, 6) is 0.908. The van der Waals surface area contributed by atoms with Gasteiger partial charge in [-0.1, -0.05) is 48.0 Å². The number of fused-ring (bicyclic) bond motifs is 1. The van der Waals surface area contributed by atoms with Crippen LogP contribution in [0.3, 0.4) is 0 Å². The molecule has 1 atom stereocenters. The van der Waals surface area contributed by atoms with Gasteiger partial charge in [0.1, 0.15) is 5.82 Å². The van der Waals surface area contributed by atoms with Crippen LogP contribution in [0.15, 0.2) is 60.8 Å². The molecule has 0 spiro atoms. The Labute approximate surface area is 123 Å². The quantitative estimate of drug-likeness (QED) is 0.726. The topological polar surface area (TPSA) is 24.9 Å². The Morgan fingerprint density at radius 2 is 1.75 bits per heavy atom. The zero-order chi connectivity index (χ0) is 13.9. The van der Waals surface area contributed by atoms with Gasteiger partial charge in [0.25, 0.3) is 0 Å². The van der Waals surface area contributed by atoms with Gasteiger partial charge < -0.3 is 5.32 Å². The zero-order valence-electron chi connectivity index (χ0n) is 11.2. The van der Waals surface area contributed by atoms with Crippen molar-refractivity contribution in [1.29, 1.82) is 0 Å². The summed E-state index contributed by atoms with van der Waals surface area (Å²) in [6, 6.07) is 18.3. The summed E-state index contributed by atoms with van der Waals surface area (Å²) < 4.78 is 0. The molecule has 1 heterocycles. The van der Waals surface area contributed by atoms with E-state index in [0.717, 1.165) is 16.2 Å². The van der Waals surface area contributed by atoms with Crippen molar-refractivity contribution in [2.24, 2.45) is 0 Å². The molecule has 100 valence electrons. The molecule has 0 fully saturated rings. The standard InChI is InChI=1S/C17H15ClN2/c1-12(13-6-8-15(18)9-7-13)20-17-16-5-3-2-4-14(16)10-11-19-17/h2-12H,1H3,(H,19,20). The second-order valence-electron chi connectivity index (χ2n) is 4.80. The minimum absolute atomic E-state index is 0.172. The Bertz CT molecular complexity index is 717. The summed E-state index contributed by atoms with van der Waals surface area (Å²) >= 11 is 5.92. The summed E-state index contributed by atoms with van der Waals surface area (Å²) in [5.41, 5.74) is 1.18. The van der Waals surface area contributed by atoms with Gasteiger partial charge >= 0.3 is 0 Å². The van der Waals surface area contributed by atoms with Gasteiger partial charge in [0.05, 0.1) is 0 Å². The fourth-order valence-corrected chi connectivity index (χ4v) is 2.40. The van der Waals surface area contributed by atoms with Crippen LogP contribution in [0, 0.1) is 0 Å². The monoisotopic (exact) mass is 282 g/mol. The zero-order valence-corrected chi connectivity index (χ0v) is 11.9. The van der Waals surface area contributed by atoms with E-state index >= 15 is 0 Å². The molecule has 0 bridgehead atoms. The number of rotatable bonds is 3. The molecule has 0 aliphatic heterocycles. The van der Waals surface area contributed by atoms with E-state index in [0.29, 0.717) is 0 Å². The van der Waals surface area contributed by atoms with Gasteiger partial charge in [-0.05, 0) is 36.1 Å². The van der Waals surface area contributed by atoms with Crippen LogP contribution in [-0.4, -0.2) is 4.98 Å². The van der Waals surface area contributed by atoms with Crippen LogP contribution in [0.4, 0.5) is 5.82 Å². The smallest absolute Gasteiger partial charge is 0.134 e. The number of pyridine rings is 1. The highest BCUT2D eigenvalue weighted by Crippen LogP contribution is 2.25. The second-order valence-corrected chi connectivity index (χ2v) is 5.23. The number of nitrogens with one attached hydrogen (secondary N) is 1. The third-order valence-corrected chi connectivity index (χ3v) is 3.65. The third-order valence-electron chi connectivity index (χ3n) is 3.40. The maximum absolute atomic E-state index is 5.92. The predicted molar refractivity (Wildman–Crippen MR) is 85.2 cm³/mol. The molecule has 1 aromatic heterocycles. The lowest BCUT2D eigenvalue weighted by Gasteiger charge is -2.16. The van der Waals surface area contributed by atoms with Gasteiger partial charge in [0.2, 0.25) is 0 Å². The van der Waals surface area contributed by atoms with E-state index in [4.69, 9.17) is 11.6 Å². The van der Waals surface area contributed by atoms with E-state index in [1.54, 1.807) is 0 Å². The van der Waals surface area contributed by atoms with E-state index in [2.05, 4.69) is 29.4 Å². The molecule has 0 saturated heterocycles. The maximum atomic E-state index is 5.92. The second kappa shape index (κ2) is 5.51.